The van der Waals surface area contributed by atoms with Crippen molar-refractivity contribution in [3.05, 3.63) is 101 Å². The van der Waals surface area contributed by atoms with Crippen LogP contribution in [0.1, 0.15) is 28.3 Å². The number of rotatable bonds is 7. The summed E-state index contributed by atoms with van der Waals surface area (Å²) in [5.41, 5.74) is 3.93. The van der Waals surface area contributed by atoms with Gasteiger partial charge in [0.2, 0.25) is 0 Å². The molecular weight excluding hydrogens is 379 g/mol. The molecule has 0 saturated carbocycles. The van der Waals surface area contributed by atoms with E-state index in [1.165, 1.54) is 6.07 Å². The van der Waals surface area contributed by atoms with Gasteiger partial charge in [-0.25, -0.2) is 4.39 Å². The largest absolute Gasteiger partial charge is 0.487 e. The van der Waals surface area contributed by atoms with Gasteiger partial charge in [-0.15, -0.1) is 0 Å². The maximum absolute atomic E-state index is 14.4. The van der Waals surface area contributed by atoms with E-state index >= 15 is 0 Å². The Balaban J connectivity index is 1.38. The average Bonchev–Trinajstić information content (AvgIpc) is 3.39. The fourth-order valence-corrected chi connectivity index (χ4v) is 2.90. The van der Waals surface area contributed by atoms with Crippen LogP contribution in [-0.4, -0.2) is 19.7 Å². The van der Waals surface area contributed by atoms with Crippen LogP contribution in [0, 0.1) is 5.82 Å². The number of hydrogen-bond donors (Lipinski definition) is 1. The maximum Gasteiger partial charge on any atom is 0.134 e. The topological polar surface area (TPSA) is 55.7 Å². The maximum atomic E-state index is 14.4. The Bertz CT molecular complexity index is 1170. The Labute approximate surface area is 174 Å². The highest BCUT2D eigenvalue weighted by molar-refractivity contribution is 5.71. The molecule has 0 bridgehead atoms. The summed E-state index contributed by atoms with van der Waals surface area (Å²) < 4.78 is 22.0. The van der Waals surface area contributed by atoms with Gasteiger partial charge >= 0.3 is 0 Å². The summed E-state index contributed by atoms with van der Waals surface area (Å²) in [6.45, 7) is 0.293. The van der Waals surface area contributed by atoms with E-state index < -0.39 is 0 Å². The van der Waals surface area contributed by atoms with Gasteiger partial charge in [-0.1, -0.05) is 6.07 Å². The molecule has 0 aliphatic rings. The van der Waals surface area contributed by atoms with Crippen LogP contribution in [0.3, 0.4) is 0 Å². The molecule has 30 heavy (non-hydrogen) atoms. The third-order valence-electron chi connectivity index (χ3n) is 4.55. The third-order valence-corrected chi connectivity index (χ3v) is 4.55. The number of aromatic nitrogens is 4. The lowest BCUT2D eigenvalue weighted by Gasteiger charge is -2.06. The zero-order valence-electron chi connectivity index (χ0n) is 16.5. The number of aryl methyl sites for hydroxylation is 1. The number of benzene rings is 1. The van der Waals surface area contributed by atoms with E-state index in [0.717, 1.165) is 22.8 Å². The highest BCUT2D eigenvalue weighted by Gasteiger charge is 2.04. The number of nitrogens with zero attached hydrogens (tertiary/aromatic N) is 3. The monoisotopic (exact) mass is 400 g/mol. The van der Waals surface area contributed by atoms with Crippen LogP contribution in [-0.2, 0) is 13.7 Å². The lowest BCUT2D eigenvalue weighted by molar-refractivity contribution is 0.300. The zero-order valence-corrected chi connectivity index (χ0v) is 16.5. The molecule has 1 N–H and O–H groups in total. The van der Waals surface area contributed by atoms with Crippen molar-refractivity contribution in [3.8, 4) is 5.75 Å². The van der Waals surface area contributed by atoms with Crippen LogP contribution < -0.4 is 4.74 Å². The van der Waals surface area contributed by atoms with E-state index in [2.05, 4.69) is 15.2 Å². The number of pyridine rings is 1. The average molecular weight is 400 g/mol. The van der Waals surface area contributed by atoms with E-state index in [1.54, 1.807) is 30.5 Å². The molecule has 0 atom stereocenters. The molecule has 0 spiro atoms. The quantitative estimate of drug-likeness (QED) is 0.464. The molecule has 0 saturated heterocycles. The van der Waals surface area contributed by atoms with Gasteiger partial charge in [0.05, 0.1) is 17.1 Å². The molecule has 1 aromatic carbocycles. The van der Waals surface area contributed by atoms with E-state index in [0.29, 0.717) is 17.9 Å². The van der Waals surface area contributed by atoms with Gasteiger partial charge in [-0.2, -0.15) is 5.10 Å². The van der Waals surface area contributed by atoms with Gasteiger partial charge in [0.25, 0.3) is 0 Å². The smallest absolute Gasteiger partial charge is 0.134 e. The molecule has 0 fully saturated rings. The lowest BCUT2D eigenvalue weighted by atomic mass is 10.1. The van der Waals surface area contributed by atoms with E-state index in [9.17, 15) is 4.39 Å². The number of nitrogens with one attached hydrogen (secondary N) is 1. The molecule has 0 amide bonds. The van der Waals surface area contributed by atoms with Crippen LogP contribution in [0.15, 0.2) is 67.0 Å². The Morgan fingerprint density at radius 3 is 2.73 bits per heavy atom. The summed E-state index contributed by atoms with van der Waals surface area (Å²) in [7, 11) is 1.99. The van der Waals surface area contributed by atoms with Crippen LogP contribution in [0.4, 0.5) is 4.39 Å². The van der Waals surface area contributed by atoms with Gasteiger partial charge in [-0.05, 0) is 66.8 Å². The van der Waals surface area contributed by atoms with E-state index in [4.69, 9.17) is 4.74 Å². The van der Waals surface area contributed by atoms with Gasteiger partial charge in [0, 0.05) is 36.8 Å². The van der Waals surface area contributed by atoms with Crippen LogP contribution in [0.5, 0.6) is 5.75 Å². The van der Waals surface area contributed by atoms with Gasteiger partial charge in [-0.3, -0.25) is 10.1 Å². The molecule has 0 aliphatic heterocycles. The van der Waals surface area contributed by atoms with Gasteiger partial charge < -0.3 is 9.30 Å². The summed E-state index contributed by atoms with van der Waals surface area (Å²) >= 11 is 0. The van der Waals surface area contributed by atoms with Crippen LogP contribution >= 0.6 is 0 Å². The summed E-state index contributed by atoms with van der Waals surface area (Å²) in [6.07, 6.45) is 11.1. The SMILES string of the molecule is Cn1cccc1/C=C/c1cc(C=Cc2ccc(OCc3ccccn3)cc2F)n[nH]1. The van der Waals surface area contributed by atoms with Crippen molar-refractivity contribution < 1.29 is 9.13 Å². The summed E-state index contributed by atoms with van der Waals surface area (Å²) in [5, 5.41) is 7.20. The van der Waals surface area contributed by atoms with E-state index in [1.807, 2.05) is 66.4 Å². The van der Waals surface area contributed by atoms with Crippen molar-refractivity contribution in [2.24, 2.45) is 7.05 Å². The first kappa shape index (κ1) is 19.4. The number of aromatic amines is 1. The highest BCUT2D eigenvalue weighted by atomic mass is 19.1. The van der Waals surface area contributed by atoms with Crippen molar-refractivity contribution >= 4 is 24.3 Å². The second kappa shape index (κ2) is 9.05. The first-order valence-electron chi connectivity index (χ1n) is 9.52. The first-order chi connectivity index (χ1) is 14.7. The zero-order chi connectivity index (χ0) is 20.8. The molecule has 4 aromatic rings. The number of halogens is 1. The molecule has 3 aromatic heterocycles. The number of hydrogen-bond acceptors (Lipinski definition) is 3. The summed E-state index contributed by atoms with van der Waals surface area (Å²) in [5.74, 6) is 0.104. The van der Waals surface area contributed by atoms with Crippen LogP contribution in [0.2, 0.25) is 0 Å². The standard InChI is InChI=1S/C24H21FN4O/c1-29-14-4-6-22(29)11-10-20-15-19(27-28-20)9-7-18-8-12-23(16-24(18)25)30-17-21-5-2-3-13-26-21/h2-16H,17H2,1H3,(H,27,28)/b9-7?,11-10+. The predicted molar refractivity (Wildman–Crippen MR) is 117 cm³/mol. The Morgan fingerprint density at radius 2 is 1.97 bits per heavy atom. The molecule has 0 radical (unpaired) electrons. The number of H-pyrrole nitrogens is 1. The van der Waals surface area contributed by atoms with Crippen molar-refractivity contribution in [2.45, 2.75) is 6.61 Å². The molecular formula is C24H21FN4O. The molecule has 5 nitrogen and oxygen atoms in total. The van der Waals surface area contributed by atoms with Crippen molar-refractivity contribution in [3.63, 3.8) is 0 Å². The van der Waals surface area contributed by atoms with Crippen molar-refractivity contribution in [2.75, 3.05) is 0 Å². The second-order valence-electron chi connectivity index (χ2n) is 6.75. The lowest BCUT2D eigenvalue weighted by Crippen LogP contribution is -1.98. The predicted octanol–water partition coefficient (Wildman–Crippen LogP) is 5.20. The molecule has 6 heteroatoms. The minimum atomic E-state index is -0.357. The molecule has 3 heterocycles. The molecule has 4 rings (SSSR count). The Morgan fingerprint density at radius 1 is 1.03 bits per heavy atom. The van der Waals surface area contributed by atoms with Crippen LogP contribution in [0.25, 0.3) is 24.3 Å². The second-order valence-corrected chi connectivity index (χ2v) is 6.75. The van der Waals surface area contributed by atoms with Crippen molar-refractivity contribution in [1.82, 2.24) is 19.7 Å². The number of ether oxygens (including phenoxy) is 1. The third kappa shape index (κ3) is 4.91. The van der Waals surface area contributed by atoms with E-state index in [-0.39, 0.29) is 5.82 Å². The minimum absolute atomic E-state index is 0.293. The summed E-state index contributed by atoms with van der Waals surface area (Å²) in [6, 6.07) is 16.3. The minimum Gasteiger partial charge on any atom is -0.487 e. The fraction of sp³-hybridized carbons (Fsp3) is 0.0833. The normalized spacial score (nSPS) is 11.5. The van der Waals surface area contributed by atoms with Crippen molar-refractivity contribution in [1.29, 1.82) is 0 Å². The first-order valence-corrected chi connectivity index (χ1v) is 9.52. The fourth-order valence-electron chi connectivity index (χ4n) is 2.90. The molecule has 0 unspecified atom stereocenters. The highest BCUT2D eigenvalue weighted by Crippen LogP contribution is 2.20. The van der Waals surface area contributed by atoms with Gasteiger partial charge in [0.15, 0.2) is 0 Å². The molecule has 150 valence electrons. The molecule has 0 aliphatic carbocycles. The summed E-state index contributed by atoms with van der Waals surface area (Å²) in [4.78, 5) is 4.18. The Hall–Kier alpha value is -3.93. The Kier molecular flexibility index (Phi) is 5.85. The van der Waals surface area contributed by atoms with Gasteiger partial charge in [0.1, 0.15) is 18.2 Å².